The standard InChI is InChI=1S/C15H12Br2FNO/c1-9(10-5-7-11(16)8-6-10)19-15(20)14-12(17)3-2-4-13(14)18/h2-9H,1H3,(H,19,20)/t9-/m1/s1. The Balaban J connectivity index is 2.17. The summed E-state index contributed by atoms with van der Waals surface area (Å²) >= 11 is 6.55. The van der Waals surface area contributed by atoms with Gasteiger partial charge in [0.15, 0.2) is 0 Å². The minimum atomic E-state index is -0.542. The molecule has 0 aliphatic rings. The third kappa shape index (κ3) is 3.46. The molecule has 0 aliphatic carbocycles. The highest BCUT2D eigenvalue weighted by Crippen LogP contribution is 2.21. The van der Waals surface area contributed by atoms with Crippen molar-refractivity contribution in [1.82, 2.24) is 5.32 Å². The fraction of sp³-hybridized carbons (Fsp3) is 0.133. The highest BCUT2D eigenvalue weighted by Gasteiger charge is 2.17. The van der Waals surface area contributed by atoms with Gasteiger partial charge in [0.05, 0.1) is 11.6 Å². The molecule has 0 saturated heterocycles. The van der Waals surface area contributed by atoms with Gasteiger partial charge in [-0.05, 0) is 52.7 Å². The molecule has 2 aromatic rings. The molecule has 2 aromatic carbocycles. The van der Waals surface area contributed by atoms with Gasteiger partial charge in [-0.25, -0.2) is 4.39 Å². The molecule has 1 amide bonds. The van der Waals surface area contributed by atoms with Crippen LogP contribution in [0.4, 0.5) is 4.39 Å². The van der Waals surface area contributed by atoms with E-state index in [9.17, 15) is 9.18 Å². The van der Waals surface area contributed by atoms with Crippen LogP contribution in [-0.2, 0) is 0 Å². The van der Waals surface area contributed by atoms with E-state index in [2.05, 4.69) is 37.2 Å². The summed E-state index contributed by atoms with van der Waals surface area (Å²) in [6, 6.07) is 11.9. The van der Waals surface area contributed by atoms with E-state index < -0.39 is 11.7 Å². The third-order valence-corrected chi connectivity index (χ3v) is 4.10. The zero-order valence-corrected chi connectivity index (χ0v) is 13.8. The Labute approximate surface area is 133 Å². The summed E-state index contributed by atoms with van der Waals surface area (Å²) in [6.45, 7) is 1.86. The molecule has 0 bridgehead atoms. The van der Waals surface area contributed by atoms with E-state index >= 15 is 0 Å². The molecule has 5 heteroatoms. The predicted molar refractivity (Wildman–Crippen MR) is 84.1 cm³/mol. The minimum absolute atomic E-state index is 0.0245. The second kappa shape index (κ2) is 6.50. The lowest BCUT2D eigenvalue weighted by molar-refractivity contribution is 0.0935. The fourth-order valence-electron chi connectivity index (χ4n) is 1.82. The van der Waals surface area contributed by atoms with E-state index in [-0.39, 0.29) is 11.6 Å². The largest absolute Gasteiger partial charge is 0.345 e. The monoisotopic (exact) mass is 399 g/mol. The molecule has 2 rings (SSSR count). The van der Waals surface area contributed by atoms with Crippen molar-refractivity contribution >= 4 is 37.8 Å². The van der Waals surface area contributed by atoms with Crippen molar-refractivity contribution in [2.24, 2.45) is 0 Å². The summed E-state index contributed by atoms with van der Waals surface area (Å²) in [5, 5.41) is 2.79. The van der Waals surface area contributed by atoms with Crippen molar-refractivity contribution in [1.29, 1.82) is 0 Å². The maximum Gasteiger partial charge on any atom is 0.255 e. The van der Waals surface area contributed by atoms with Crippen LogP contribution in [0, 0.1) is 5.82 Å². The maximum absolute atomic E-state index is 13.7. The van der Waals surface area contributed by atoms with Gasteiger partial charge in [-0.3, -0.25) is 4.79 Å². The number of benzene rings is 2. The molecule has 0 aliphatic heterocycles. The molecule has 0 radical (unpaired) electrons. The van der Waals surface area contributed by atoms with Crippen LogP contribution in [-0.4, -0.2) is 5.91 Å². The van der Waals surface area contributed by atoms with Crippen molar-refractivity contribution in [3.8, 4) is 0 Å². The second-order valence-corrected chi connectivity index (χ2v) is 6.11. The Morgan fingerprint density at radius 3 is 2.40 bits per heavy atom. The lowest BCUT2D eigenvalue weighted by Gasteiger charge is -2.15. The molecule has 0 saturated carbocycles. The molecule has 104 valence electrons. The summed E-state index contributed by atoms with van der Waals surface area (Å²) in [5.41, 5.74) is 0.977. The zero-order valence-electron chi connectivity index (χ0n) is 10.7. The maximum atomic E-state index is 13.7. The van der Waals surface area contributed by atoms with Crippen LogP contribution in [0.3, 0.4) is 0 Å². The van der Waals surface area contributed by atoms with Gasteiger partial charge in [-0.1, -0.05) is 34.1 Å². The predicted octanol–water partition coefficient (Wildman–Crippen LogP) is 4.84. The number of halogens is 3. The lowest BCUT2D eigenvalue weighted by Crippen LogP contribution is -2.27. The van der Waals surface area contributed by atoms with Crippen molar-refractivity contribution in [2.75, 3.05) is 0 Å². The third-order valence-electron chi connectivity index (χ3n) is 2.91. The zero-order chi connectivity index (χ0) is 14.7. The highest BCUT2D eigenvalue weighted by molar-refractivity contribution is 9.10. The molecule has 0 fully saturated rings. The lowest BCUT2D eigenvalue weighted by atomic mass is 10.1. The molecule has 1 N–H and O–H groups in total. The van der Waals surface area contributed by atoms with Crippen LogP contribution in [0.5, 0.6) is 0 Å². The van der Waals surface area contributed by atoms with Crippen LogP contribution < -0.4 is 5.32 Å². The van der Waals surface area contributed by atoms with Gasteiger partial charge in [0.25, 0.3) is 5.91 Å². The Morgan fingerprint density at radius 2 is 1.80 bits per heavy atom. The second-order valence-electron chi connectivity index (χ2n) is 4.34. The topological polar surface area (TPSA) is 29.1 Å². The molecular weight excluding hydrogens is 389 g/mol. The summed E-state index contributed by atoms with van der Waals surface area (Å²) in [4.78, 5) is 12.1. The van der Waals surface area contributed by atoms with Gasteiger partial charge < -0.3 is 5.32 Å². The highest BCUT2D eigenvalue weighted by atomic mass is 79.9. The first-order valence-corrected chi connectivity index (χ1v) is 7.58. The normalized spacial score (nSPS) is 12.0. The smallest absolute Gasteiger partial charge is 0.255 e. The number of rotatable bonds is 3. The fourth-order valence-corrected chi connectivity index (χ4v) is 2.60. The van der Waals surface area contributed by atoms with Crippen LogP contribution in [0.2, 0.25) is 0 Å². The van der Waals surface area contributed by atoms with Gasteiger partial charge >= 0.3 is 0 Å². The van der Waals surface area contributed by atoms with E-state index in [0.717, 1.165) is 10.0 Å². The summed E-state index contributed by atoms with van der Waals surface area (Å²) in [5.74, 6) is -0.981. The summed E-state index contributed by atoms with van der Waals surface area (Å²) < 4.78 is 15.1. The van der Waals surface area contributed by atoms with Crippen molar-refractivity contribution in [3.05, 3.63) is 68.4 Å². The van der Waals surface area contributed by atoms with Gasteiger partial charge in [0.1, 0.15) is 5.82 Å². The Morgan fingerprint density at radius 1 is 1.15 bits per heavy atom. The first-order valence-electron chi connectivity index (χ1n) is 5.99. The van der Waals surface area contributed by atoms with E-state index in [0.29, 0.717) is 4.47 Å². The van der Waals surface area contributed by atoms with Gasteiger partial charge in [0, 0.05) is 8.95 Å². The average molecular weight is 401 g/mol. The molecular formula is C15H12Br2FNO. The Kier molecular flexibility index (Phi) is 4.94. The minimum Gasteiger partial charge on any atom is -0.345 e. The van der Waals surface area contributed by atoms with Crippen molar-refractivity contribution < 1.29 is 9.18 Å². The number of amides is 1. The van der Waals surface area contributed by atoms with Gasteiger partial charge in [-0.2, -0.15) is 0 Å². The number of carbonyl (C=O) groups excluding carboxylic acids is 1. The molecule has 0 aromatic heterocycles. The number of hydrogen-bond donors (Lipinski definition) is 1. The quantitative estimate of drug-likeness (QED) is 0.784. The van der Waals surface area contributed by atoms with Crippen molar-refractivity contribution in [3.63, 3.8) is 0 Å². The van der Waals surface area contributed by atoms with Gasteiger partial charge in [-0.15, -0.1) is 0 Å². The van der Waals surface area contributed by atoms with Gasteiger partial charge in [0.2, 0.25) is 0 Å². The SMILES string of the molecule is C[C@@H](NC(=O)c1c(F)cccc1Br)c1ccc(Br)cc1. The van der Waals surface area contributed by atoms with E-state index in [1.807, 2.05) is 31.2 Å². The Hall–Kier alpha value is -1.20. The number of hydrogen-bond acceptors (Lipinski definition) is 1. The van der Waals surface area contributed by atoms with E-state index in [4.69, 9.17) is 0 Å². The molecule has 0 heterocycles. The molecule has 2 nitrogen and oxygen atoms in total. The Bertz CT molecular complexity index is 608. The van der Waals surface area contributed by atoms with Crippen LogP contribution >= 0.6 is 31.9 Å². The first-order chi connectivity index (χ1) is 9.49. The summed E-state index contributed by atoms with van der Waals surface area (Å²) in [6.07, 6.45) is 0. The van der Waals surface area contributed by atoms with Crippen molar-refractivity contribution in [2.45, 2.75) is 13.0 Å². The average Bonchev–Trinajstić information content (AvgIpc) is 2.39. The van der Waals surface area contributed by atoms with E-state index in [1.54, 1.807) is 12.1 Å². The van der Waals surface area contributed by atoms with E-state index in [1.165, 1.54) is 6.07 Å². The number of nitrogens with one attached hydrogen (secondary N) is 1. The first kappa shape index (κ1) is 15.2. The van der Waals surface area contributed by atoms with Crippen LogP contribution in [0.1, 0.15) is 28.9 Å². The molecule has 20 heavy (non-hydrogen) atoms. The summed E-state index contributed by atoms with van der Waals surface area (Å²) in [7, 11) is 0. The molecule has 0 unspecified atom stereocenters. The van der Waals surface area contributed by atoms with Crippen LogP contribution in [0.25, 0.3) is 0 Å². The number of carbonyl (C=O) groups is 1. The molecule has 1 atom stereocenters. The molecule has 0 spiro atoms. The van der Waals surface area contributed by atoms with Crippen LogP contribution in [0.15, 0.2) is 51.4 Å².